The zero-order valence-corrected chi connectivity index (χ0v) is 11.9. The molecule has 0 atom stereocenters. The van der Waals surface area contributed by atoms with Gasteiger partial charge < -0.3 is 19.9 Å². The lowest BCUT2D eigenvalue weighted by molar-refractivity contribution is 0.0546. The van der Waals surface area contributed by atoms with Gasteiger partial charge in [0.25, 0.3) is 0 Å². The normalized spacial score (nSPS) is 24.3. The van der Waals surface area contributed by atoms with Crippen molar-refractivity contribution in [2.45, 2.75) is 19.3 Å². The van der Waals surface area contributed by atoms with Crippen LogP contribution in [0.5, 0.6) is 0 Å². The second-order valence-electron chi connectivity index (χ2n) is 5.76. The Morgan fingerprint density at radius 1 is 1.22 bits per heavy atom. The summed E-state index contributed by atoms with van der Waals surface area (Å²) >= 11 is 0. The van der Waals surface area contributed by atoms with Crippen LogP contribution in [0.3, 0.4) is 0 Å². The van der Waals surface area contributed by atoms with Crippen molar-refractivity contribution in [2.75, 3.05) is 66.1 Å². The molecule has 4 nitrogen and oxygen atoms in total. The number of rotatable bonds is 5. The lowest BCUT2D eigenvalue weighted by Crippen LogP contribution is -2.37. The largest absolute Gasteiger partial charge is 0.381 e. The molecule has 2 rings (SSSR count). The molecule has 4 heteroatoms. The molecule has 0 amide bonds. The Morgan fingerprint density at radius 3 is 2.89 bits per heavy atom. The number of ether oxygens (including phenoxy) is 1. The maximum Gasteiger partial charge on any atom is 0.0469 e. The summed E-state index contributed by atoms with van der Waals surface area (Å²) in [5, 5.41) is 3.46. The summed E-state index contributed by atoms with van der Waals surface area (Å²) in [4.78, 5) is 5.11. The highest BCUT2D eigenvalue weighted by Crippen LogP contribution is 2.15. The third-order valence-electron chi connectivity index (χ3n) is 4.14. The highest BCUT2D eigenvalue weighted by Gasteiger charge is 2.16. The van der Waals surface area contributed by atoms with Gasteiger partial charge in [-0.15, -0.1) is 0 Å². The van der Waals surface area contributed by atoms with E-state index in [2.05, 4.69) is 22.2 Å². The third-order valence-corrected chi connectivity index (χ3v) is 4.14. The van der Waals surface area contributed by atoms with Crippen molar-refractivity contribution in [3.8, 4) is 0 Å². The van der Waals surface area contributed by atoms with Crippen LogP contribution in [-0.2, 0) is 4.74 Å². The van der Waals surface area contributed by atoms with Crippen molar-refractivity contribution in [2.24, 2.45) is 5.92 Å². The van der Waals surface area contributed by atoms with Crippen molar-refractivity contribution in [1.82, 2.24) is 15.1 Å². The molecule has 0 aromatic heterocycles. The van der Waals surface area contributed by atoms with Gasteiger partial charge in [-0.05, 0) is 45.3 Å². The summed E-state index contributed by atoms with van der Waals surface area (Å²) in [7, 11) is 2.27. The van der Waals surface area contributed by atoms with Crippen LogP contribution in [0.15, 0.2) is 0 Å². The summed E-state index contributed by atoms with van der Waals surface area (Å²) in [5.74, 6) is 0.856. The molecule has 0 spiro atoms. The Labute approximate surface area is 112 Å². The minimum atomic E-state index is 0.856. The fourth-order valence-corrected chi connectivity index (χ4v) is 2.90. The molecule has 0 bridgehead atoms. The van der Waals surface area contributed by atoms with E-state index in [4.69, 9.17) is 4.74 Å². The minimum absolute atomic E-state index is 0.856. The molecule has 0 aromatic carbocycles. The van der Waals surface area contributed by atoms with Gasteiger partial charge in [-0.25, -0.2) is 0 Å². The fourth-order valence-electron chi connectivity index (χ4n) is 2.90. The Balaban J connectivity index is 1.59. The van der Waals surface area contributed by atoms with E-state index < -0.39 is 0 Å². The average molecular weight is 255 g/mol. The van der Waals surface area contributed by atoms with Crippen molar-refractivity contribution in [3.05, 3.63) is 0 Å². The molecule has 2 aliphatic heterocycles. The Hall–Kier alpha value is -0.160. The number of hydrogen-bond acceptors (Lipinski definition) is 4. The van der Waals surface area contributed by atoms with Crippen molar-refractivity contribution < 1.29 is 4.74 Å². The van der Waals surface area contributed by atoms with Crippen molar-refractivity contribution >= 4 is 0 Å². The number of likely N-dealkylation sites (N-methyl/N-ethyl adjacent to an activating group) is 1. The molecule has 106 valence electrons. The first-order valence-electron chi connectivity index (χ1n) is 7.54. The summed E-state index contributed by atoms with van der Waals surface area (Å²) in [6.45, 7) is 10.4. The van der Waals surface area contributed by atoms with E-state index in [-0.39, 0.29) is 0 Å². The smallest absolute Gasteiger partial charge is 0.0469 e. The van der Waals surface area contributed by atoms with Gasteiger partial charge in [0.2, 0.25) is 0 Å². The summed E-state index contributed by atoms with van der Waals surface area (Å²) in [6, 6.07) is 0. The summed E-state index contributed by atoms with van der Waals surface area (Å²) in [6.07, 6.45) is 3.79. The first-order valence-corrected chi connectivity index (χ1v) is 7.54. The van der Waals surface area contributed by atoms with E-state index >= 15 is 0 Å². The average Bonchev–Trinajstić information content (AvgIpc) is 2.66. The van der Waals surface area contributed by atoms with Crippen LogP contribution in [0.1, 0.15) is 19.3 Å². The van der Waals surface area contributed by atoms with Gasteiger partial charge in [0, 0.05) is 45.9 Å². The molecular weight excluding hydrogens is 226 g/mol. The molecule has 0 radical (unpaired) electrons. The third kappa shape index (κ3) is 5.22. The van der Waals surface area contributed by atoms with Gasteiger partial charge in [0.05, 0.1) is 0 Å². The first-order chi connectivity index (χ1) is 8.84. The second kappa shape index (κ2) is 8.10. The number of nitrogens with zero attached hydrogens (tertiary/aromatic N) is 2. The maximum absolute atomic E-state index is 5.42. The van der Waals surface area contributed by atoms with E-state index in [1.807, 2.05) is 0 Å². The fraction of sp³-hybridized carbons (Fsp3) is 1.00. The van der Waals surface area contributed by atoms with Gasteiger partial charge in [0.15, 0.2) is 0 Å². The van der Waals surface area contributed by atoms with Gasteiger partial charge in [0.1, 0.15) is 0 Å². The molecule has 0 aliphatic carbocycles. The molecule has 2 fully saturated rings. The molecule has 2 aliphatic rings. The van der Waals surface area contributed by atoms with Gasteiger partial charge in [-0.2, -0.15) is 0 Å². The van der Waals surface area contributed by atoms with E-state index in [0.29, 0.717) is 0 Å². The van der Waals surface area contributed by atoms with E-state index in [1.165, 1.54) is 58.5 Å². The topological polar surface area (TPSA) is 27.7 Å². The van der Waals surface area contributed by atoms with Crippen LogP contribution in [-0.4, -0.2) is 75.9 Å². The lowest BCUT2D eigenvalue weighted by Gasteiger charge is -2.29. The predicted molar refractivity (Wildman–Crippen MR) is 75.0 cm³/mol. The highest BCUT2D eigenvalue weighted by molar-refractivity contribution is 4.70. The Kier molecular flexibility index (Phi) is 6.41. The van der Waals surface area contributed by atoms with Crippen LogP contribution in [0, 0.1) is 5.92 Å². The molecule has 2 saturated heterocycles. The lowest BCUT2D eigenvalue weighted by atomic mass is 10.00. The van der Waals surface area contributed by atoms with Gasteiger partial charge >= 0.3 is 0 Å². The molecule has 0 unspecified atom stereocenters. The molecule has 0 saturated carbocycles. The van der Waals surface area contributed by atoms with Crippen molar-refractivity contribution in [3.63, 3.8) is 0 Å². The first kappa shape index (κ1) is 14.3. The molecular formula is C14H29N3O. The van der Waals surface area contributed by atoms with E-state index in [0.717, 1.165) is 25.7 Å². The zero-order chi connectivity index (χ0) is 12.6. The van der Waals surface area contributed by atoms with Crippen LogP contribution in [0.4, 0.5) is 0 Å². The zero-order valence-electron chi connectivity index (χ0n) is 11.9. The molecule has 18 heavy (non-hydrogen) atoms. The van der Waals surface area contributed by atoms with E-state index in [9.17, 15) is 0 Å². The van der Waals surface area contributed by atoms with Crippen LogP contribution in [0.2, 0.25) is 0 Å². The Bertz CT molecular complexity index is 211. The molecule has 2 heterocycles. The summed E-state index contributed by atoms with van der Waals surface area (Å²) < 4.78 is 5.42. The number of nitrogens with one attached hydrogen (secondary N) is 1. The van der Waals surface area contributed by atoms with E-state index in [1.54, 1.807) is 0 Å². The second-order valence-corrected chi connectivity index (χ2v) is 5.76. The Morgan fingerprint density at radius 2 is 2.06 bits per heavy atom. The SMILES string of the molecule is CN(CCN1CCCNCC1)CC1CCOCC1. The van der Waals surface area contributed by atoms with Gasteiger partial charge in [-0.3, -0.25) is 0 Å². The molecule has 1 N–H and O–H groups in total. The predicted octanol–water partition coefficient (Wildman–Crippen LogP) is 0.640. The van der Waals surface area contributed by atoms with Crippen molar-refractivity contribution in [1.29, 1.82) is 0 Å². The minimum Gasteiger partial charge on any atom is -0.381 e. The quantitative estimate of drug-likeness (QED) is 0.780. The maximum atomic E-state index is 5.42. The van der Waals surface area contributed by atoms with Crippen LogP contribution < -0.4 is 5.32 Å². The monoisotopic (exact) mass is 255 g/mol. The highest BCUT2D eigenvalue weighted by atomic mass is 16.5. The number of hydrogen-bond donors (Lipinski definition) is 1. The standard InChI is InChI=1S/C14H29N3O/c1-16(13-14-3-11-18-12-4-14)9-10-17-7-2-5-15-6-8-17/h14-15H,2-13H2,1H3. The van der Waals surface area contributed by atoms with Crippen LogP contribution >= 0.6 is 0 Å². The van der Waals surface area contributed by atoms with Gasteiger partial charge in [-0.1, -0.05) is 0 Å². The molecule has 0 aromatic rings. The van der Waals surface area contributed by atoms with Crippen LogP contribution in [0.25, 0.3) is 0 Å². The summed E-state index contributed by atoms with van der Waals surface area (Å²) in [5.41, 5.74) is 0.